The van der Waals surface area contributed by atoms with Crippen LogP contribution >= 0.6 is 23.2 Å². The highest BCUT2D eigenvalue weighted by Crippen LogP contribution is 2.24. The fraction of sp³-hybridized carbons (Fsp3) is 0.333. The van der Waals surface area contributed by atoms with E-state index in [9.17, 15) is 0 Å². The number of rotatable bonds is 3. The van der Waals surface area contributed by atoms with Crippen molar-refractivity contribution < 1.29 is 0 Å². The molecule has 0 spiro atoms. The van der Waals surface area contributed by atoms with Crippen molar-refractivity contribution in [3.05, 3.63) is 34.6 Å². The van der Waals surface area contributed by atoms with Crippen LogP contribution in [0.3, 0.4) is 0 Å². The standard InChI is InChI=1S/C12H13Cl2N3/c1-3-17-11(7-13)15-16-12(17)9-4-5-10(14)8(2)6-9/h4-6H,3,7H2,1-2H3. The molecule has 1 aromatic carbocycles. The molecule has 0 radical (unpaired) electrons. The van der Waals surface area contributed by atoms with Gasteiger partial charge in [0, 0.05) is 17.1 Å². The summed E-state index contributed by atoms with van der Waals surface area (Å²) in [7, 11) is 0. The number of hydrogen-bond acceptors (Lipinski definition) is 2. The lowest BCUT2D eigenvalue weighted by Crippen LogP contribution is -2.02. The first-order valence-electron chi connectivity index (χ1n) is 5.42. The van der Waals surface area contributed by atoms with E-state index in [0.29, 0.717) is 5.88 Å². The van der Waals surface area contributed by atoms with E-state index in [4.69, 9.17) is 23.2 Å². The number of aryl methyl sites for hydroxylation is 1. The van der Waals surface area contributed by atoms with Gasteiger partial charge < -0.3 is 4.57 Å². The second kappa shape index (κ2) is 5.07. The Labute approximate surface area is 110 Å². The largest absolute Gasteiger partial charge is 0.310 e. The highest BCUT2D eigenvalue weighted by Gasteiger charge is 2.12. The second-order valence-electron chi connectivity index (χ2n) is 3.78. The highest BCUT2D eigenvalue weighted by molar-refractivity contribution is 6.31. The molecule has 0 unspecified atom stereocenters. The van der Waals surface area contributed by atoms with E-state index < -0.39 is 0 Å². The predicted octanol–water partition coefficient (Wildman–Crippen LogP) is 3.67. The average molecular weight is 270 g/mol. The van der Waals surface area contributed by atoms with Crippen molar-refractivity contribution in [1.29, 1.82) is 0 Å². The molecule has 2 aromatic rings. The third-order valence-electron chi connectivity index (χ3n) is 2.68. The Hall–Kier alpha value is -1.06. The molecule has 0 bridgehead atoms. The molecule has 1 aromatic heterocycles. The van der Waals surface area contributed by atoms with E-state index >= 15 is 0 Å². The van der Waals surface area contributed by atoms with E-state index in [-0.39, 0.29) is 0 Å². The molecule has 5 heteroatoms. The summed E-state index contributed by atoms with van der Waals surface area (Å²) < 4.78 is 2.01. The monoisotopic (exact) mass is 269 g/mol. The zero-order chi connectivity index (χ0) is 12.4. The molecule has 0 N–H and O–H groups in total. The molecule has 17 heavy (non-hydrogen) atoms. The molecule has 0 aliphatic heterocycles. The Bertz CT molecular complexity index is 535. The summed E-state index contributed by atoms with van der Waals surface area (Å²) in [4.78, 5) is 0. The van der Waals surface area contributed by atoms with Gasteiger partial charge in [-0.1, -0.05) is 11.6 Å². The lowest BCUT2D eigenvalue weighted by atomic mass is 10.1. The van der Waals surface area contributed by atoms with Crippen LogP contribution in [-0.2, 0) is 12.4 Å². The summed E-state index contributed by atoms with van der Waals surface area (Å²) in [6.07, 6.45) is 0. The lowest BCUT2D eigenvalue weighted by molar-refractivity contribution is 0.731. The molecular weight excluding hydrogens is 257 g/mol. The van der Waals surface area contributed by atoms with E-state index in [1.165, 1.54) is 0 Å². The Kier molecular flexibility index (Phi) is 3.69. The number of aromatic nitrogens is 3. The molecule has 0 amide bonds. The minimum atomic E-state index is 0.368. The molecule has 2 rings (SSSR count). The molecule has 3 nitrogen and oxygen atoms in total. The van der Waals surface area contributed by atoms with Gasteiger partial charge in [0.05, 0.1) is 5.88 Å². The smallest absolute Gasteiger partial charge is 0.163 e. The normalized spacial score (nSPS) is 10.8. The summed E-state index contributed by atoms with van der Waals surface area (Å²) in [6.45, 7) is 4.82. The van der Waals surface area contributed by atoms with E-state index in [1.807, 2.05) is 36.6 Å². The quantitative estimate of drug-likeness (QED) is 0.797. The minimum Gasteiger partial charge on any atom is -0.310 e. The highest BCUT2D eigenvalue weighted by atomic mass is 35.5. The van der Waals surface area contributed by atoms with Gasteiger partial charge >= 0.3 is 0 Å². The van der Waals surface area contributed by atoms with Crippen molar-refractivity contribution in [2.24, 2.45) is 0 Å². The Morgan fingerprint density at radius 1 is 1.29 bits per heavy atom. The minimum absolute atomic E-state index is 0.368. The topological polar surface area (TPSA) is 30.7 Å². The maximum absolute atomic E-state index is 6.01. The first-order chi connectivity index (χ1) is 8.17. The van der Waals surface area contributed by atoms with Crippen molar-refractivity contribution in [3.8, 4) is 11.4 Å². The van der Waals surface area contributed by atoms with Crippen LogP contribution in [0.15, 0.2) is 18.2 Å². The number of nitrogens with zero attached hydrogens (tertiary/aromatic N) is 3. The second-order valence-corrected chi connectivity index (χ2v) is 4.46. The Morgan fingerprint density at radius 2 is 2.06 bits per heavy atom. The molecule has 0 saturated carbocycles. The summed E-state index contributed by atoms with van der Waals surface area (Å²) in [6, 6.07) is 5.83. The van der Waals surface area contributed by atoms with Gasteiger partial charge in [-0.2, -0.15) is 0 Å². The van der Waals surface area contributed by atoms with Gasteiger partial charge in [-0.3, -0.25) is 0 Å². The first kappa shape index (κ1) is 12.4. The Balaban J connectivity index is 2.52. The average Bonchev–Trinajstić information content (AvgIpc) is 2.75. The van der Waals surface area contributed by atoms with Crippen LogP contribution in [-0.4, -0.2) is 14.8 Å². The molecule has 0 atom stereocenters. The molecule has 90 valence electrons. The van der Waals surface area contributed by atoms with Crippen LogP contribution in [0, 0.1) is 6.92 Å². The number of halogens is 2. The molecule has 0 fully saturated rings. The van der Waals surface area contributed by atoms with Gasteiger partial charge in [-0.15, -0.1) is 21.8 Å². The predicted molar refractivity (Wildman–Crippen MR) is 70.4 cm³/mol. The van der Waals surface area contributed by atoms with Crippen molar-refractivity contribution in [2.45, 2.75) is 26.3 Å². The molecular formula is C12H13Cl2N3. The summed E-state index contributed by atoms with van der Waals surface area (Å²) in [5.41, 5.74) is 2.04. The maximum atomic E-state index is 6.01. The Morgan fingerprint density at radius 3 is 2.65 bits per heavy atom. The van der Waals surface area contributed by atoms with Crippen LogP contribution in [0.1, 0.15) is 18.3 Å². The van der Waals surface area contributed by atoms with Crippen LogP contribution < -0.4 is 0 Å². The van der Waals surface area contributed by atoms with Crippen LogP contribution in [0.4, 0.5) is 0 Å². The molecule has 0 saturated heterocycles. The van der Waals surface area contributed by atoms with Gasteiger partial charge in [0.1, 0.15) is 5.82 Å². The van der Waals surface area contributed by atoms with Crippen LogP contribution in [0.2, 0.25) is 5.02 Å². The summed E-state index contributed by atoms with van der Waals surface area (Å²) in [5.74, 6) is 1.99. The fourth-order valence-corrected chi connectivity index (χ4v) is 2.08. The van der Waals surface area contributed by atoms with E-state index in [0.717, 1.165) is 34.3 Å². The molecule has 0 aliphatic carbocycles. The van der Waals surface area contributed by atoms with Gasteiger partial charge in [0.15, 0.2) is 5.82 Å². The first-order valence-corrected chi connectivity index (χ1v) is 6.33. The molecule has 0 aliphatic rings. The summed E-state index contributed by atoms with van der Waals surface area (Å²) >= 11 is 11.8. The van der Waals surface area contributed by atoms with Crippen LogP contribution in [0.25, 0.3) is 11.4 Å². The number of hydrogen-bond donors (Lipinski definition) is 0. The van der Waals surface area contributed by atoms with E-state index in [2.05, 4.69) is 10.2 Å². The van der Waals surface area contributed by atoms with Crippen molar-refractivity contribution in [2.75, 3.05) is 0 Å². The zero-order valence-corrected chi connectivity index (χ0v) is 11.3. The number of alkyl halides is 1. The van der Waals surface area contributed by atoms with Crippen molar-refractivity contribution in [3.63, 3.8) is 0 Å². The van der Waals surface area contributed by atoms with Gasteiger partial charge in [-0.05, 0) is 37.6 Å². The SMILES string of the molecule is CCn1c(CCl)nnc1-c1ccc(Cl)c(C)c1. The zero-order valence-electron chi connectivity index (χ0n) is 9.74. The van der Waals surface area contributed by atoms with Gasteiger partial charge in [0.25, 0.3) is 0 Å². The van der Waals surface area contributed by atoms with E-state index in [1.54, 1.807) is 0 Å². The maximum Gasteiger partial charge on any atom is 0.163 e. The van der Waals surface area contributed by atoms with Crippen molar-refractivity contribution >= 4 is 23.2 Å². The fourth-order valence-electron chi connectivity index (χ4n) is 1.76. The third-order valence-corrected chi connectivity index (χ3v) is 3.34. The van der Waals surface area contributed by atoms with Crippen LogP contribution in [0.5, 0.6) is 0 Å². The summed E-state index contributed by atoms with van der Waals surface area (Å²) in [5, 5.41) is 9.02. The molecule has 1 heterocycles. The van der Waals surface area contributed by atoms with Gasteiger partial charge in [-0.25, -0.2) is 0 Å². The lowest BCUT2D eigenvalue weighted by Gasteiger charge is -2.07. The third kappa shape index (κ3) is 2.31. The van der Waals surface area contributed by atoms with Gasteiger partial charge in [0.2, 0.25) is 0 Å². The number of benzene rings is 1. The van der Waals surface area contributed by atoms with Crippen molar-refractivity contribution in [1.82, 2.24) is 14.8 Å².